The van der Waals surface area contributed by atoms with E-state index in [1.807, 2.05) is 61.5 Å². The van der Waals surface area contributed by atoms with Crippen molar-refractivity contribution in [1.82, 2.24) is 0 Å². The summed E-state index contributed by atoms with van der Waals surface area (Å²) in [6.45, 7) is 4.06. The monoisotopic (exact) mass is 373 g/mol. The van der Waals surface area contributed by atoms with Crippen LogP contribution >= 0.6 is 0 Å². The Kier molecular flexibility index (Phi) is 6.52. The number of rotatable bonds is 7. The summed E-state index contributed by atoms with van der Waals surface area (Å²) in [5.74, 6) is 0.506. The maximum atomic E-state index is 12.5. The minimum Gasteiger partial charge on any atom is -0.491 e. The van der Waals surface area contributed by atoms with Crippen LogP contribution < -0.4 is 10.1 Å². The van der Waals surface area contributed by atoms with Crippen LogP contribution in [0.25, 0.3) is 0 Å². The second-order valence-corrected chi connectivity index (χ2v) is 6.40. The Hall–Kier alpha value is -3.47. The average molecular weight is 373 g/mol. The van der Waals surface area contributed by atoms with E-state index in [2.05, 4.69) is 22.5 Å². The highest BCUT2D eigenvalue weighted by Crippen LogP contribution is 2.21. The molecule has 28 heavy (non-hydrogen) atoms. The number of carbonyl (C=O) groups is 1. The van der Waals surface area contributed by atoms with Gasteiger partial charge in [0.25, 0.3) is 5.91 Å². The van der Waals surface area contributed by atoms with Crippen molar-refractivity contribution in [1.29, 1.82) is 0 Å². The van der Waals surface area contributed by atoms with Gasteiger partial charge in [0, 0.05) is 11.3 Å². The summed E-state index contributed by atoms with van der Waals surface area (Å²) < 4.78 is 5.78. The SMILES string of the molecule is CCC(C)Oc1cccc(C(=O)Nc2ccc(N=Nc3ccccc3)cc2)c1. The van der Waals surface area contributed by atoms with Crippen LogP contribution in [-0.4, -0.2) is 12.0 Å². The zero-order valence-corrected chi connectivity index (χ0v) is 16.0. The van der Waals surface area contributed by atoms with Crippen LogP contribution in [0.1, 0.15) is 30.6 Å². The third-order valence-corrected chi connectivity index (χ3v) is 4.17. The van der Waals surface area contributed by atoms with Crippen molar-refractivity contribution in [2.75, 3.05) is 5.32 Å². The summed E-state index contributed by atoms with van der Waals surface area (Å²) in [6.07, 6.45) is 1.01. The van der Waals surface area contributed by atoms with Gasteiger partial charge in [-0.15, -0.1) is 0 Å². The highest BCUT2D eigenvalue weighted by Gasteiger charge is 2.09. The number of nitrogens with one attached hydrogen (secondary N) is 1. The number of hydrogen-bond donors (Lipinski definition) is 1. The lowest BCUT2D eigenvalue weighted by atomic mass is 10.2. The van der Waals surface area contributed by atoms with E-state index in [1.165, 1.54) is 0 Å². The Morgan fingerprint density at radius 1 is 0.929 bits per heavy atom. The minimum atomic E-state index is -0.187. The van der Waals surface area contributed by atoms with Crippen molar-refractivity contribution in [3.63, 3.8) is 0 Å². The summed E-state index contributed by atoms with van der Waals surface area (Å²) in [5, 5.41) is 11.3. The van der Waals surface area contributed by atoms with Crippen LogP contribution in [0.4, 0.5) is 17.1 Å². The lowest BCUT2D eigenvalue weighted by Gasteiger charge is -2.13. The molecule has 0 heterocycles. The molecule has 3 aromatic rings. The van der Waals surface area contributed by atoms with Crippen molar-refractivity contribution < 1.29 is 9.53 Å². The van der Waals surface area contributed by atoms with Crippen molar-refractivity contribution in [3.8, 4) is 5.75 Å². The minimum absolute atomic E-state index is 0.107. The summed E-state index contributed by atoms with van der Waals surface area (Å²) in [7, 11) is 0. The third-order valence-electron chi connectivity index (χ3n) is 4.17. The molecule has 5 heteroatoms. The van der Waals surface area contributed by atoms with Gasteiger partial charge in [-0.3, -0.25) is 4.79 Å². The smallest absolute Gasteiger partial charge is 0.255 e. The molecule has 0 bridgehead atoms. The maximum absolute atomic E-state index is 12.5. The van der Waals surface area contributed by atoms with E-state index in [9.17, 15) is 4.79 Å². The molecule has 0 radical (unpaired) electrons. The topological polar surface area (TPSA) is 63.0 Å². The molecule has 0 fully saturated rings. The van der Waals surface area contributed by atoms with Gasteiger partial charge in [-0.25, -0.2) is 0 Å². The summed E-state index contributed by atoms with van der Waals surface area (Å²) >= 11 is 0. The van der Waals surface area contributed by atoms with Crippen LogP contribution in [-0.2, 0) is 0 Å². The van der Waals surface area contributed by atoms with Gasteiger partial charge in [-0.1, -0.05) is 31.2 Å². The second kappa shape index (κ2) is 9.46. The molecule has 1 atom stereocenters. The van der Waals surface area contributed by atoms with Gasteiger partial charge >= 0.3 is 0 Å². The van der Waals surface area contributed by atoms with E-state index in [0.717, 1.165) is 12.1 Å². The number of azo groups is 1. The Bertz CT molecular complexity index is 938. The Labute approximate surface area is 165 Å². The van der Waals surface area contributed by atoms with Gasteiger partial charge in [0.05, 0.1) is 17.5 Å². The standard InChI is InChI=1S/C23H23N3O2/c1-3-17(2)28-22-11-7-8-18(16-22)23(27)24-19-12-14-21(15-13-19)26-25-20-9-5-4-6-10-20/h4-17H,3H2,1-2H3,(H,24,27). The third kappa shape index (κ3) is 5.51. The summed E-state index contributed by atoms with van der Waals surface area (Å²) in [4.78, 5) is 12.5. The average Bonchev–Trinajstić information content (AvgIpc) is 2.74. The predicted molar refractivity (Wildman–Crippen MR) is 112 cm³/mol. The van der Waals surface area contributed by atoms with Crippen molar-refractivity contribution >= 4 is 23.0 Å². The number of amides is 1. The van der Waals surface area contributed by atoms with Crippen LogP contribution in [0.15, 0.2) is 89.1 Å². The molecule has 3 rings (SSSR count). The zero-order chi connectivity index (χ0) is 19.8. The van der Waals surface area contributed by atoms with E-state index in [4.69, 9.17) is 4.74 Å². The molecule has 0 spiro atoms. The number of anilines is 1. The highest BCUT2D eigenvalue weighted by atomic mass is 16.5. The first kappa shape index (κ1) is 19.3. The molecule has 5 nitrogen and oxygen atoms in total. The number of hydrogen-bond acceptors (Lipinski definition) is 4. The van der Waals surface area contributed by atoms with Gasteiger partial charge in [0.15, 0.2) is 0 Å². The predicted octanol–water partition coefficient (Wildman–Crippen LogP) is 6.53. The normalized spacial score (nSPS) is 11.9. The van der Waals surface area contributed by atoms with Crippen LogP contribution in [0.5, 0.6) is 5.75 Å². The van der Waals surface area contributed by atoms with Crippen molar-refractivity contribution in [2.24, 2.45) is 10.2 Å². The largest absolute Gasteiger partial charge is 0.491 e. The zero-order valence-electron chi connectivity index (χ0n) is 16.0. The Morgan fingerprint density at radius 2 is 1.61 bits per heavy atom. The van der Waals surface area contributed by atoms with Crippen LogP contribution in [0.2, 0.25) is 0 Å². The van der Waals surface area contributed by atoms with Crippen LogP contribution in [0.3, 0.4) is 0 Å². The van der Waals surface area contributed by atoms with E-state index in [0.29, 0.717) is 22.7 Å². The fraction of sp³-hybridized carbons (Fsp3) is 0.174. The molecule has 0 aromatic heterocycles. The van der Waals surface area contributed by atoms with Gasteiger partial charge in [-0.05, 0) is 67.9 Å². The number of carbonyl (C=O) groups excluding carboxylic acids is 1. The molecule has 1 unspecified atom stereocenters. The Morgan fingerprint density at radius 3 is 2.29 bits per heavy atom. The fourth-order valence-corrected chi connectivity index (χ4v) is 2.45. The lowest BCUT2D eigenvalue weighted by Crippen LogP contribution is -2.13. The van der Waals surface area contributed by atoms with E-state index >= 15 is 0 Å². The van der Waals surface area contributed by atoms with E-state index < -0.39 is 0 Å². The maximum Gasteiger partial charge on any atom is 0.255 e. The first-order chi connectivity index (χ1) is 13.6. The quantitative estimate of drug-likeness (QED) is 0.478. The summed E-state index contributed by atoms with van der Waals surface area (Å²) in [5.41, 5.74) is 2.75. The number of benzene rings is 3. The number of nitrogens with zero attached hydrogens (tertiary/aromatic N) is 2. The highest BCUT2D eigenvalue weighted by molar-refractivity contribution is 6.04. The molecule has 0 aliphatic carbocycles. The molecular formula is C23H23N3O2. The van der Waals surface area contributed by atoms with Gasteiger partial charge < -0.3 is 10.1 Å². The molecule has 3 aromatic carbocycles. The lowest BCUT2D eigenvalue weighted by molar-refractivity contribution is 0.102. The van der Waals surface area contributed by atoms with E-state index in [1.54, 1.807) is 24.3 Å². The molecular weight excluding hydrogens is 350 g/mol. The van der Waals surface area contributed by atoms with Crippen LogP contribution in [0, 0.1) is 0 Å². The molecule has 0 saturated carbocycles. The van der Waals surface area contributed by atoms with Crippen molar-refractivity contribution in [2.45, 2.75) is 26.4 Å². The molecule has 1 N–H and O–H groups in total. The molecule has 142 valence electrons. The summed E-state index contributed by atoms with van der Waals surface area (Å²) in [6, 6.07) is 24.0. The molecule has 0 aliphatic heterocycles. The first-order valence-electron chi connectivity index (χ1n) is 9.29. The van der Waals surface area contributed by atoms with Gasteiger partial charge in [-0.2, -0.15) is 10.2 Å². The number of ether oxygens (including phenoxy) is 1. The molecule has 0 aliphatic rings. The fourth-order valence-electron chi connectivity index (χ4n) is 2.45. The Balaban J connectivity index is 1.63. The van der Waals surface area contributed by atoms with E-state index in [-0.39, 0.29) is 12.0 Å². The van der Waals surface area contributed by atoms with Gasteiger partial charge in [0.2, 0.25) is 0 Å². The van der Waals surface area contributed by atoms with Gasteiger partial charge in [0.1, 0.15) is 5.75 Å². The first-order valence-corrected chi connectivity index (χ1v) is 9.29. The molecule has 1 amide bonds. The second-order valence-electron chi connectivity index (χ2n) is 6.40. The van der Waals surface area contributed by atoms with Crippen molar-refractivity contribution in [3.05, 3.63) is 84.4 Å². The molecule has 0 saturated heterocycles.